The minimum Gasteiger partial charge on any atom is -0.497 e. The number of aliphatic hydroxyl groups excluding tert-OH is 1. The highest BCUT2D eigenvalue weighted by molar-refractivity contribution is 5.49. The summed E-state index contributed by atoms with van der Waals surface area (Å²) < 4.78 is 25.5. The van der Waals surface area contributed by atoms with Gasteiger partial charge in [-0.1, -0.05) is 60.7 Å². The lowest BCUT2D eigenvalue weighted by Crippen LogP contribution is -2.46. The molecule has 0 saturated carbocycles. The van der Waals surface area contributed by atoms with E-state index in [0.717, 1.165) is 22.4 Å². The number of ether oxygens (including phenoxy) is 4. The molecular formula is C36H36N4O7. The van der Waals surface area contributed by atoms with Gasteiger partial charge in [0.05, 0.1) is 32.6 Å². The summed E-state index contributed by atoms with van der Waals surface area (Å²) >= 11 is 0. The highest BCUT2D eigenvalue weighted by Crippen LogP contribution is 2.42. The van der Waals surface area contributed by atoms with Crippen molar-refractivity contribution >= 4 is 0 Å². The van der Waals surface area contributed by atoms with Crippen LogP contribution in [0, 0.1) is 0 Å². The summed E-state index contributed by atoms with van der Waals surface area (Å²) in [5, 5.41) is 15.1. The van der Waals surface area contributed by atoms with E-state index in [0.29, 0.717) is 18.0 Å². The van der Waals surface area contributed by atoms with Crippen molar-refractivity contribution in [3.8, 4) is 11.5 Å². The van der Waals surface area contributed by atoms with Crippen LogP contribution in [0.2, 0.25) is 0 Å². The molecule has 2 aromatic heterocycles. The maximum absolute atomic E-state index is 12.9. The predicted molar refractivity (Wildman–Crippen MR) is 174 cm³/mol. The number of hydrogen-bond donors (Lipinski definition) is 3. The van der Waals surface area contributed by atoms with Crippen molar-refractivity contribution in [1.82, 2.24) is 19.9 Å². The average Bonchev–Trinajstić information content (AvgIpc) is 3.43. The molecule has 1 aliphatic heterocycles. The van der Waals surface area contributed by atoms with Gasteiger partial charge in [-0.2, -0.15) is 0 Å². The molecule has 3 N–H and O–H groups in total. The Kier molecular flexibility index (Phi) is 9.60. The first kappa shape index (κ1) is 31.9. The van der Waals surface area contributed by atoms with Gasteiger partial charge >= 0.3 is 5.69 Å². The van der Waals surface area contributed by atoms with Crippen molar-refractivity contribution in [3.05, 3.63) is 159 Å². The van der Waals surface area contributed by atoms with E-state index in [1.807, 2.05) is 97.1 Å². The van der Waals surface area contributed by atoms with Crippen LogP contribution in [0.1, 0.15) is 28.6 Å². The summed E-state index contributed by atoms with van der Waals surface area (Å²) in [5.74, 6) is 1.38. The molecule has 0 radical (unpaired) electrons. The number of aliphatic hydroxyl groups is 1. The molecule has 1 aliphatic rings. The van der Waals surface area contributed by atoms with Gasteiger partial charge in [0.25, 0.3) is 5.56 Å². The molecule has 3 aromatic carbocycles. The summed E-state index contributed by atoms with van der Waals surface area (Å²) in [5.41, 5.74) is 0.897. The van der Waals surface area contributed by atoms with E-state index >= 15 is 0 Å². The number of aromatic amines is 1. The fourth-order valence-corrected chi connectivity index (χ4v) is 5.98. The van der Waals surface area contributed by atoms with Crippen molar-refractivity contribution in [1.29, 1.82) is 0 Å². The highest BCUT2D eigenvalue weighted by atomic mass is 16.6. The maximum atomic E-state index is 12.9. The van der Waals surface area contributed by atoms with Gasteiger partial charge < -0.3 is 29.4 Å². The summed E-state index contributed by atoms with van der Waals surface area (Å²) in [6.45, 7) is 0.240. The zero-order chi connectivity index (χ0) is 32.8. The van der Waals surface area contributed by atoms with E-state index in [1.165, 1.54) is 16.8 Å². The number of nitrogens with zero attached hydrogens (tertiary/aromatic N) is 2. The number of hydrogen-bond acceptors (Lipinski definition) is 9. The number of nitrogens with one attached hydrogen (secondary N) is 2. The summed E-state index contributed by atoms with van der Waals surface area (Å²) in [7, 11) is 3.22. The first-order valence-electron chi connectivity index (χ1n) is 15.2. The Balaban J connectivity index is 1.39. The minimum absolute atomic E-state index is 0.0650. The molecule has 4 atom stereocenters. The second kappa shape index (κ2) is 14.1. The van der Waals surface area contributed by atoms with Crippen LogP contribution in [-0.4, -0.2) is 58.7 Å². The van der Waals surface area contributed by atoms with Crippen molar-refractivity contribution in [2.24, 2.45) is 0 Å². The van der Waals surface area contributed by atoms with Crippen LogP contribution in [0.3, 0.4) is 0 Å². The fraction of sp³-hybridized carbons (Fsp3) is 0.250. The quantitative estimate of drug-likeness (QED) is 0.176. The van der Waals surface area contributed by atoms with E-state index in [1.54, 1.807) is 20.4 Å². The molecule has 0 aliphatic carbocycles. The Bertz CT molecular complexity index is 1820. The van der Waals surface area contributed by atoms with Crippen LogP contribution in [0.25, 0.3) is 0 Å². The van der Waals surface area contributed by atoms with Crippen LogP contribution in [0.15, 0.2) is 125 Å². The van der Waals surface area contributed by atoms with Crippen LogP contribution in [0.4, 0.5) is 0 Å². The largest absolute Gasteiger partial charge is 0.497 e. The van der Waals surface area contributed by atoms with Gasteiger partial charge in [0, 0.05) is 25.0 Å². The minimum atomic E-state index is -1.15. The third-order valence-electron chi connectivity index (χ3n) is 8.38. The normalized spacial score (nSPS) is 19.4. The van der Waals surface area contributed by atoms with E-state index in [4.69, 9.17) is 18.9 Å². The molecule has 242 valence electrons. The average molecular weight is 637 g/mol. The zero-order valence-corrected chi connectivity index (χ0v) is 26.0. The van der Waals surface area contributed by atoms with Crippen LogP contribution in [-0.2, 0) is 21.6 Å². The fourth-order valence-electron chi connectivity index (χ4n) is 5.98. The molecule has 11 heteroatoms. The van der Waals surface area contributed by atoms with Crippen molar-refractivity contribution in [2.75, 3.05) is 20.8 Å². The van der Waals surface area contributed by atoms with Crippen molar-refractivity contribution in [2.45, 2.75) is 36.6 Å². The molecule has 0 unspecified atom stereocenters. The molecule has 1 saturated heterocycles. The van der Waals surface area contributed by atoms with Gasteiger partial charge in [0.15, 0.2) is 6.23 Å². The summed E-state index contributed by atoms with van der Waals surface area (Å²) in [6, 6.07) is 31.1. The van der Waals surface area contributed by atoms with Gasteiger partial charge in [-0.05, 0) is 53.1 Å². The first-order chi connectivity index (χ1) is 22.9. The Morgan fingerprint density at radius 3 is 2.04 bits per heavy atom. The molecule has 11 nitrogen and oxygen atoms in total. The number of benzene rings is 3. The Morgan fingerprint density at radius 2 is 1.47 bits per heavy atom. The lowest BCUT2D eigenvalue weighted by atomic mass is 9.80. The second-order valence-corrected chi connectivity index (χ2v) is 11.1. The monoisotopic (exact) mass is 636 g/mol. The van der Waals surface area contributed by atoms with Crippen LogP contribution < -0.4 is 26.0 Å². The number of rotatable bonds is 12. The lowest BCUT2D eigenvalue weighted by Gasteiger charge is -2.37. The number of methoxy groups -OCH3 is 2. The summed E-state index contributed by atoms with van der Waals surface area (Å²) in [4.78, 5) is 31.4. The SMILES string of the molecule is COc1ccc(C(OC[C@H]2O[C@@H](n3ccc(=O)[nH]c3=O)[C@H](NCc3ccccn3)[C@@H]2O)(c2ccccc2)c2ccc(OC)cc2)cc1. The number of pyridine rings is 1. The third kappa shape index (κ3) is 6.60. The number of H-pyrrole nitrogens is 1. The molecule has 0 bridgehead atoms. The van der Waals surface area contributed by atoms with E-state index in [9.17, 15) is 14.7 Å². The molecule has 6 rings (SSSR count). The second-order valence-electron chi connectivity index (χ2n) is 11.1. The van der Waals surface area contributed by atoms with Gasteiger partial charge in [0.2, 0.25) is 0 Å². The van der Waals surface area contributed by atoms with Crippen molar-refractivity contribution < 1.29 is 24.1 Å². The van der Waals surface area contributed by atoms with Crippen LogP contribution >= 0.6 is 0 Å². The molecular weight excluding hydrogens is 600 g/mol. The molecule has 47 heavy (non-hydrogen) atoms. The van der Waals surface area contributed by atoms with Crippen molar-refractivity contribution in [3.63, 3.8) is 0 Å². The molecule has 0 spiro atoms. The van der Waals surface area contributed by atoms with E-state index < -0.39 is 41.3 Å². The van der Waals surface area contributed by atoms with E-state index in [-0.39, 0.29) is 6.61 Å². The van der Waals surface area contributed by atoms with Gasteiger partial charge in [-0.15, -0.1) is 0 Å². The zero-order valence-electron chi connectivity index (χ0n) is 26.0. The Hall–Kier alpha value is -5.07. The Labute approximate surface area is 271 Å². The van der Waals surface area contributed by atoms with Gasteiger partial charge in [-0.3, -0.25) is 19.3 Å². The first-order valence-corrected chi connectivity index (χ1v) is 15.2. The smallest absolute Gasteiger partial charge is 0.330 e. The van der Waals surface area contributed by atoms with Crippen LogP contribution in [0.5, 0.6) is 11.5 Å². The molecule has 1 fully saturated rings. The Morgan fingerprint density at radius 1 is 0.851 bits per heavy atom. The summed E-state index contributed by atoms with van der Waals surface area (Å²) in [6.07, 6.45) is 0.100. The highest BCUT2D eigenvalue weighted by Gasteiger charge is 2.47. The lowest BCUT2D eigenvalue weighted by molar-refractivity contribution is -0.0946. The van der Waals surface area contributed by atoms with E-state index in [2.05, 4.69) is 15.3 Å². The number of aromatic nitrogens is 3. The molecule has 5 aromatic rings. The van der Waals surface area contributed by atoms with Gasteiger partial charge in [0.1, 0.15) is 29.3 Å². The van der Waals surface area contributed by atoms with Gasteiger partial charge in [-0.25, -0.2) is 4.79 Å². The molecule has 0 amide bonds. The standard InChI is InChI=1S/C36H36N4O7/c1-44-28-15-11-25(12-16-28)36(24-8-4-3-5-9-24,26-13-17-29(45-2)18-14-26)46-23-30-33(42)32(38-22-27-10-6-7-20-37-27)34(47-30)40-21-19-31(41)39-35(40)43/h3-21,30,32-34,38,42H,22-23H2,1-2H3,(H,39,41,43)/t30-,32-,33-,34-/m1/s1. The predicted octanol–water partition coefficient (Wildman–Crippen LogP) is 3.37. The maximum Gasteiger partial charge on any atom is 0.330 e. The topological polar surface area (TPSA) is 137 Å². The molecule has 3 heterocycles. The third-order valence-corrected chi connectivity index (χ3v) is 8.38.